The molecule has 0 aliphatic carbocycles. The monoisotopic (exact) mass is 224 g/mol. The quantitative estimate of drug-likeness (QED) is 0.660. The lowest BCUT2D eigenvalue weighted by atomic mass is 10.3. The maximum atomic E-state index is 11.4. The molecule has 16 heavy (non-hydrogen) atoms. The number of rotatable bonds is 5. The van der Waals surface area contributed by atoms with E-state index in [0.29, 0.717) is 12.1 Å². The van der Waals surface area contributed by atoms with Gasteiger partial charge in [0, 0.05) is 25.2 Å². The van der Waals surface area contributed by atoms with E-state index in [0.717, 1.165) is 0 Å². The van der Waals surface area contributed by atoms with E-state index in [-0.39, 0.29) is 24.3 Å². The number of carbonyl (C=O) groups excluding carboxylic acids is 2. The summed E-state index contributed by atoms with van der Waals surface area (Å²) in [7, 11) is 0. The average Bonchev–Trinajstić information content (AvgIpc) is 2.68. The SMILES string of the molecule is CC(C)NC(=O)CCNC(=O)c1cn[nH]c1. The summed E-state index contributed by atoms with van der Waals surface area (Å²) in [6.07, 6.45) is 3.22. The normalized spacial score (nSPS) is 10.2. The number of aromatic amines is 1. The molecule has 88 valence electrons. The second-order valence-electron chi connectivity index (χ2n) is 3.72. The number of hydrogen-bond acceptors (Lipinski definition) is 3. The molecule has 6 heteroatoms. The third-order valence-corrected chi connectivity index (χ3v) is 1.85. The van der Waals surface area contributed by atoms with Gasteiger partial charge in [0.1, 0.15) is 0 Å². The van der Waals surface area contributed by atoms with Gasteiger partial charge in [0.15, 0.2) is 0 Å². The molecule has 0 unspecified atom stereocenters. The van der Waals surface area contributed by atoms with Crippen molar-refractivity contribution in [2.45, 2.75) is 26.3 Å². The molecular formula is C10H16N4O2. The molecule has 0 aliphatic heterocycles. The fourth-order valence-electron chi connectivity index (χ4n) is 1.16. The number of hydrogen-bond donors (Lipinski definition) is 3. The summed E-state index contributed by atoms with van der Waals surface area (Å²) in [6.45, 7) is 4.10. The van der Waals surface area contributed by atoms with Crippen LogP contribution in [0, 0.1) is 0 Å². The van der Waals surface area contributed by atoms with Crippen LogP contribution in [-0.2, 0) is 4.79 Å². The second-order valence-corrected chi connectivity index (χ2v) is 3.72. The zero-order chi connectivity index (χ0) is 12.0. The lowest BCUT2D eigenvalue weighted by Gasteiger charge is -2.08. The van der Waals surface area contributed by atoms with Gasteiger partial charge in [-0.3, -0.25) is 14.7 Å². The molecule has 2 amide bonds. The standard InChI is InChI=1S/C10H16N4O2/c1-7(2)14-9(15)3-4-11-10(16)8-5-12-13-6-8/h5-7H,3-4H2,1-2H3,(H,11,16)(H,12,13)(H,14,15). The van der Waals surface area contributed by atoms with Crippen molar-refractivity contribution < 1.29 is 9.59 Å². The van der Waals surface area contributed by atoms with Gasteiger partial charge in [0.25, 0.3) is 5.91 Å². The van der Waals surface area contributed by atoms with Crippen LogP contribution in [0.15, 0.2) is 12.4 Å². The Balaban J connectivity index is 2.21. The summed E-state index contributed by atoms with van der Waals surface area (Å²) in [5.74, 6) is -0.298. The summed E-state index contributed by atoms with van der Waals surface area (Å²) < 4.78 is 0. The third kappa shape index (κ3) is 4.12. The molecule has 1 rings (SSSR count). The van der Waals surface area contributed by atoms with E-state index in [1.165, 1.54) is 12.4 Å². The Morgan fingerprint density at radius 1 is 1.50 bits per heavy atom. The highest BCUT2D eigenvalue weighted by Gasteiger charge is 2.07. The molecule has 0 fully saturated rings. The maximum Gasteiger partial charge on any atom is 0.254 e. The van der Waals surface area contributed by atoms with Crippen LogP contribution < -0.4 is 10.6 Å². The highest BCUT2D eigenvalue weighted by Crippen LogP contribution is 1.92. The minimum absolute atomic E-state index is 0.0671. The van der Waals surface area contributed by atoms with Gasteiger partial charge >= 0.3 is 0 Å². The molecule has 1 aromatic heterocycles. The summed E-state index contributed by atoms with van der Waals surface area (Å²) in [5.41, 5.74) is 0.462. The van der Waals surface area contributed by atoms with Crippen LogP contribution in [0.5, 0.6) is 0 Å². The van der Waals surface area contributed by atoms with Crippen LogP contribution in [0.25, 0.3) is 0 Å². The highest BCUT2D eigenvalue weighted by molar-refractivity contribution is 5.93. The number of nitrogens with zero attached hydrogens (tertiary/aromatic N) is 1. The molecule has 1 heterocycles. The van der Waals surface area contributed by atoms with Gasteiger partial charge < -0.3 is 10.6 Å². The van der Waals surface area contributed by atoms with E-state index in [1.54, 1.807) is 0 Å². The lowest BCUT2D eigenvalue weighted by Crippen LogP contribution is -2.34. The minimum atomic E-state index is -0.230. The Hall–Kier alpha value is -1.85. The van der Waals surface area contributed by atoms with Crippen molar-refractivity contribution in [3.8, 4) is 0 Å². The van der Waals surface area contributed by atoms with E-state index < -0.39 is 0 Å². The van der Waals surface area contributed by atoms with Crippen LogP contribution in [0.3, 0.4) is 0 Å². The molecule has 0 radical (unpaired) electrons. The first-order valence-electron chi connectivity index (χ1n) is 5.16. The van der Waals surface area contributed by atoms with E-state index >= 15 is 0 Å². The Bertz CT molecular complexity index is 346. The minimum Gasteiger partial charge on any atom is -0.354 e. The van der Waals surface area contributed by atoms with Crippen molar-refractivity contribution in [2.75, 3.05) is 6.54 Å². The van der Waals surface area contributed by atoms with Gasteiger partial charge in [0.05, 0.1) is 11.8 Å². The molecular weight excluding hydrogens is 208 g/mol. The fourth-order valence-corrected chi connectivity index (χ4v) is 1.16. The summed E-state index contributed by atoms with van der Waals surface area (Å²) in [6, 6.07) is 0.122. The smallest absolute Gasteiger partial charge is 0.254 e. The molecule has 0 saturated carbocycles. The van der Waals surface area contributed by atoms with Crippen LogP contribution in [0.4, 0.5) is 0 Å². The average molecular weight is 224 g/mol. The molecule has 6 nitrogen and oxygen atoms in total. The van der Waals surface area contributed by atoms with Crippen molar-refractivity contribution in [1.82, 2.24) is 20.8 Å². The third-order valence-electron chi connectivity index (χ3n) is 1.85. The van der Waals surface area contributed by atoms with E-state index in [1.807, 2.05) is 13.8 Å². The van der Waals surface area contributed by atoms with Crippen molar-refractivity contribution in [3.05, 3.63) is 18.0 Å². The van der Waals surface area contributed by atoms with E-state index in [2.05, 4.69) is 20.8 Å². The second kappa shape index (κ2) is 5.89. The predicted octanol–water partition coefficient (Wildman–Crippen LogP) is 0.0542. The number of amides is 2. The largest absolute Gasteiger partial charge is 0.354 e. The fraction of sp³-hybridized carbons (Fsp3) is 0.500. The Morgan fingerprint density at radius 3 is 2.81 bits per heavy atom. The Labute approximate surface area is 93.8 Å². The van der Waals surface area contributed by atoms with Crippen LogP contribution >= 0.6 is 0 Å². The molecule has 0 aliphatic rings. The molecule has 0 atom stereocenters. The van der Waals surface area contributed by atoms with Gasteiger partial charge in [-0.25, -0.2) is 0 Å². The number of carbonyl (C=O) groups is 2. The van der Waals surface area contributed by atoms with Gasteiger partial charge in [-0.05, 0) is 13.8 Å². The Morgan fingerprint density at radius 2 is 2.25 bits per heavy atom. The first-order chi connectivity index (χ1) is 7.59. The molecule has 3 N–H and O–H groups in total. The topological polar surface area (TPSA) is 86.9 Å². The molecule has 0 aromatic carbocycles. The first-order valence-corrected chi connectivity index (χ1v) is 5.16. The number of H-pyrrole nitrogens is 1. The van der Waals surface area contributed by atoms with E-state index in [4.69, 9.17) is 0 Å². The molecule has 1 aromatic rings. The van der Waals surface area contributed by atoms with Crippen molar-refractivity contribution in [3.63, 3.8) is 0 Å². The summed E-state index contributed by atoms with van der Waals surface area (Å²) >= 11 is 0. The number of nitrogens with one attached hydrogen (secondary N) is 3. The first kappa shape index (κ1) is 12.2. The maximum absolute atomic E-state index is 11.4. The van der Waals surface area contributed by atoms with Crippen LogP contribution in [0.2, 0.25) is 0 Å². The van der Waals surface area contributed by atoms with Crippen molar-refractivity contribution >= 4 is 11.8 Å². The van der Waals surface area contributed by atoms with Crippen molar-refractivity contribution in [2.24, 2.45) is 0 Å². The molecule has 0 spiro atoms. The zero-order valence-corrected chi connectivity index (χ0v) is 9.41. The predicted molar refractivity (Wildman–Crippen MR) is 58.8 cm³/mol. The lowest BCUT2D eigenvalue weighted by molar-refractivity contribution is -0.121. The van der Waals surface area contributed by atoms with Crippen molar-refractivity contribution in [1.29, 1.82) is 0 Å². The van der Waals surface area contributed by atoms with Gasteiger partial charge in [-0.1, -0.05) is 0 Å². The van der Waals surface area contributed by atoms with Crippen LogP contribution in [-0.4, -0.2) is 34.6 Å². The van der Waals surface area contributed by atoms with Crippen LogP contribution in [0.1, 0.15) is 30.6 Å². The molecule has 0 bridgehead atoms. The number of aromatic nitrogens is 2. The Kier molecular flexibility index (Phi) is 4.50. The molecule has 0 saturated heterocycles. The summed E-state index contributed by atoms with van der Waals surface area (Å²) in [4.78, 5) is 22.6. The van der Waals surface area contributed by atoms with E-state index in [9.17, 15) is 9.59 Å². The highest BCUT2D eigenvalue weighted by atomic mass is 16.2. The van der Waals surface area contributed by atoms with Gasteiger partial charge in [-0.2, -0.15) is 5.10 Å². The van der Waals surface area contributed by atoms with Gasteiger partial charge in [0.2, 0.25) is 5.91 Å². The zero-order valence-electron chi connectivity index (χ0n) is 9.41. The van der Waals surface area contributed by atoms with Gasteiger partial charge in [-0.15, -0.1) is 0 Å². The summed E-state index contributed by atoms with van der Waals surface area (Å²) in [5, 5.41) is 11.6.